The molecular weight excluding hydrogens is 449 g/mol. The Bertz CT molecular complexity index is 1500. The normalized spacial score (nSPS) is 27.1. The van der Waals surface area contributed by atoms with E-state index in [-0.39, 0.29) is 5.82 Å². The highest BCUT2D eigenvalue weighted by Crippen LogP contribution is 2.63. The molecule has 0 spiro atoms. The number of hydrogen-bond donors (Lipinski definition) is 3. The van der Waals surface area contributed by atoms with E-state index in [9.17, 15) is 0 Å². The van der Waals surface area contributed by atoms with Gasteiger partial charge in [-0.15, -0.1) is 0 Å². The lowest BCUT2D eigenvalue weighted by Gasteiger charge is -2.22. The first-order valence-electron chi connectivity index (χ1n) is 13.4. The number of H-pyrrole nitrogens is 2. The van der Waals surface area contributed by atoms with Crippen LogP contribution in [-0.2, 0) is 19.4 Å². The maximum absolute atomic E-state index is 15.2. The summed E-state index contributed by atoms with van der Waals surface area (Å²) in [4.78, 5) is 16.4. The van der Waals surface area contributed by atoms with E-state index < -0.39 is 0 Å². The van der Waals surface area contributed by atoms with Gasteiger partial charge < -0.3 is 15.3 Å². The fourth-order valence-electron chi connectivity index (χ4n) is 6.47. The Morgan fingerprint density at radius 2 is 1.83 bits per heavy atom. The van der Waals surface area contributed by atoms with Gasteiger partial charge in [-0.3, -0.25) is 0 Å². The van der Waals surface area contributed by atoms with Gasteiger partial charge >= 0.3 is 0 Å². The smallest absolute Gasteiger partial charge is 0.133 e. The molecule has 3 fully saturated rings. The molecule has 5 atom stereocenters. The summed E-state index contributed by atoms with van der Waals surface area (Å²) < 4.78 is 15.2. The standard InChI is InChI=1S/C30H30FN5/c1-15-8-26(15)32-14-28-33-13-27(34-28)21-6-3-17(12-24(21)31)16-2-5-20-18(9-16)4-7-25-29(20)36-30(35-25)23-11-19-10-22(19)23/h2-3,5-6,9,12-13,15,19,22-23,26,32H,4,7-8,10-11,14H2,1H3,(H,33,34)(H,35,36)/t15?,19-,22?,23-,26-/m1/s1. The van der Waals surface area contributed by atoms with Gasteiger partial charge in [0, 0.05) is 28.8 Å². The second kappa shape index (κ2) is 7.62. The van der Waals surface area contributed by atoms with Crippen molar-refractivity contribution in [2.45, 2.75) is 57.5 Å². The van der Waals surface area contributed by atoms with Gasteiger partial charge in [-0.05, 0) is 78.7 Å². The average molecular weight is 480 g/mol. The zero-order valence-corrected chi connectivity index (χ0v) is 20.4. The van der Waals surface area contributed by atoms with Crippen LogP contribution in [0.4, 0.5) is 4.39 Å². The third-order valence-corrected chi connectivity index (χ3v) is 9.07. The lowest BCUT2D eigenvalue weighted by atomic mass is 9.85. The quantitative estimate of drug-likeness (QED) is 0.318. The number of imidazole rings is 2. The van der Waals surface area contributed by atoms with Crippen LogP contribution in [0.15, 0.2) is 42.6 Å². The van der Waals surface area contributed by atoms with Crippen LogP contribution in [0.2, 0.25) is 0 Å². The third-order valence-electron chi connectivity index (χ3n) is 9.07. The minimum absolute atomic E-state index is 0.234. The molecule has 4 aliphatic carbocycles. The van der Waals surface area contributed by atoms with E-state index >= 15 is 4.39 Å². The molecule has 6 heteroatoms. The number of rotatable bonds is 6. The molecule has 182 valence electrons. The summed E-state index contributed by atoms with van der Waals surface area (Å²) in [5.41, 5.74) is 8.15. The van der Waals surface area contributed by atoms with Crippen molar-refractivity contribution < 1.29 is 4.39 Å². The van der Waals surface area contributed by atoms with Crippen molar-refractivity contribution in [2.75, 3.05) is 0 Å². The van der Waals surface area contributed by atoms with Crippen molar-refractivity contribution in [1.82, 2.24) is 25.3 Å². The van der Waals surface area contributed by atoms with Crippen molar-refractivity contribution in [2.24, 2.45) is 17.8 Å². The number of benzene rings is 2. The van der Waals surface area contributed by atoms with Crippen molar-refractivity contribution >= 4 is 0 Å². The van der Waals surface area contributed by atoms with E-state index in [1.54, 1.807) is 12.3 Å². The molecule has 36 heavy (non-hydrogen) atoms. The minimum atomic E-state index is -0.234. The molecule has 2 aromatic heterocycles. The lowest BCUT2D eigenvalue weighted by Crippen LogP contribution is -2.17. The molecule has 3 saturated carbocycles. The lowest BCUT2D eigenvalue weighted by molar-refractivity contribution is 0.374. The molecule has 5 nitrogen and oxygen atoms in total. The molecule has 0 bridgehead atoms. The SMILES string of the molecule is CC1C[C@H]1NCc1ncc(-c2ccc(-c3ccc4c(c3)CCc3[nH]c([C@@H]5C[C@H]6CC65)nc3-4)cc2F)[nH]1. The van der Waals surface area contributed by atoms with E-state index in [1.807, 2.05) is 12.1 Å². The summed E-state index contributed by atoms with van der Waals surface area (Å²) in [5, 5.41) is 3.49. The van der Waals surface area contributed by atoms with Crippen molar-refractivity contribution in [3.05, 3.63) is 71.3 Å². The Morgan fingerprint density at radius 3 is 2.58 bits per heavy atom. The number of aromatic nitrogens is 4. The van der Waals surface area contributed by atoms with Crippen LogP contribution in [-0.4, -0.2) is 26.0 Å². The summed E-state index contributed by atoms with van der Waals surface area (Å²) in [7, 11) is 0. The number of halogens is 1. The Balaban J connectivity index is 1.03. The summed E-state index contributed by atoms with van der Waals surface area (Å²) in [6.07, 6.45) is 7.62. The number of aryl methyl sites for hydroxylation is 2. The van der Waals surface area contributed by atoms with Gasteiger partial charge in [-0.2, -0.15) is 0 Å². The first-order valence-corrected chi connectivity index (χ1v) is 13.4. The summed E-state index contributed by atoms with van der Waals surface area (Å²) in [5.74, 6) is 5.06. The second-order valence-corrected chi connectivity index (χ2v) is 11.5. The molecule has 0 aliphatic heterocycles. The molecule has 2 heterocycles. The summed E-state index contributed by atoms with van der Waals surface area (Å²) in [6, 6.07) is 12.6. The number of aromatic amines is 2. The van der Waals surface area contributed by atoms with Crippen molar-refractivity contribution in [3.63, 3.8) is 0 Å². The van der Waals surface area contributed by atoms with Gasteiger partial charge in [-0.1, -0.05) is 31.2 Å². The Labute approximate surface area is 210 Å². The minimum Gasteiger partial charge on any atom is -0.345 e. The Morgan fingerprint density at radius 1 is 1.00 bits per heavy atom. The molecule has 4 aliphatic rings. The third kappa shape index (κ3) is 3.38. The number of hydrogen-bond acceptors (Lipinski definition) is 3. The highest BCUT2D eigenvalue weighted by Gasteiger charge is 2.55. The fraction of sp³-hybridized carbons (Fsp3) is 0.400. The Hall–Kier alpha value is -3.25. The molecule has 0 saturated heterocycles. The zero-order chi connectivity index (χ0) is 24.0. The topological polar surface area (TPSA) is 69.4 Å². The second-order valence-electron chi connectivity index (χ2n) is 11.5. The highest BCUT2D eigenvalue weighted by atomic mass is 19.1. The first-order chi connectivity index (χ1) is 17.6. The van der Waals surface area contributed by atoms with Gasteiger partial charge in [0.25, 0.3) is 0 Å². The van der Waals surface area contributed by atoms with Crippen LogP contribution in [0.5, 0.6) is 0 Å². The largest absolute Gasteiger partial charge is 0.345 e. The van der Waals surface area contributed by atoms with Crippen LogP contribution in [0, 0.1) is 23.6 Å². The maximum Gasteiger partial charge on any atom is 0.133 e. The fourth-order valence-corrected chi connectivity index (χ4v) is 6.47. The first kappa shape index (κ1) is 20.9. The number of fused-ring (bicyclic) bond motifs is 4. The van der Waals surface area contributed by atoms with Crippen LogP contribution in [0.3, 0.4) is 0 Å². The highest BCUT2D eigenvalue weighted by molar-refractivity contribution is 5.76. The molecule has 8 rings (SSSR count). The molecule has 0 radical (unpaired) electrons. The van der Waals surface area contributed by atoms with Crippen LogP contribution in [0.1, 0.15) is 55.0 Å². The number of nitrogens with zero attached hydrogens (tertiary/aromatic N) is 2. The number of nitrogens with one attached hydrogen (secondary N) is 3. The van der Waals surface area contributed by atoms with Gasteiger partial charge in [0.1, 0.15) is 17.5 Å². The van der Waals surface area contributed by atoms with Crippen molar-refractivity contribution in [1.29, 1.82) is 0 Å². The molecular formula is C30H30FN5. The van der Waals surface area contributed by atoms with Crippen molar-refractivity contribution in [3.8, 4) is 33.6 Å². The predicted octanol–water partition coefficient (Wildman–Crippen LogP) is 5.99. The predicted molar refractivity (Wildman–Crippen MR) is 138 cm³/mol. The van der Waals surface area contributed by atoms with E-state index in [1.165, 1.54) is 41.9 Å². The van der Waals surface area contributed by atoms with Gasteiger partial charge in [0.15, 0.2) is 0 Å². The van der Waals surface area contributed by atoms with E-state index in [2.05, 4.69) is 45.4 Å². The van der Waals surface area contributed by atoms with Crippen LogP contribution in [0.25, 0.3) is 33.6 Å². The van der Waals surface area contributed by atoms with E-state index in [0.29, 0.717) is 24.1 Å². The average Bonchev–Trinajstić information content (AvgIpc) is 3.56. The van der Waals surface area contributed by atoms with Crippen LogP contribution >= 0.6 is 0 Å². The van der Waals surface area contributed by atoms with Crippen LogP contribution < -0.4 is 5.32 Å². The summed E-state index contributed by atoms with van der Waals surface area (Å²) >= 11 is 0. The summed E-state index contributed by atoms with van der Waals surface area (Å²) in [6.45, 7) is 2.93. The van der Waals surface area contributed by atoms with Gasteiger partial charge in [-0.25, -0.2) is 14.4 Å². The maximum atomic E-state index is 15.2. The molecule has 2 unspecified atom stereocenters. The molecule has 2 aromatic carbocycles. The Kier molecular flexibility index (Phi) is 4.43. The zero-order valence-electron chi connectivity index (χ0n) is 20.4. The van der Waals surface area contributed by atoms with Gasteiger partial charge in [0.05, 0.1) is 24.1 Å². The molecule has 3 N–H and O–H groups in total. The van der Waals surface area contributed by atoms with E-state index in [0.717, 1.165) is 58.9 Å². The monoisotopic (exact) mass is 479 g/mol. The molecule has 4 aromatic rings. The van der Waals surface area contributed by atoms with Gasteiger partial charge in [0.2, 0.25) is 0 Å². The molecule has 0 amide bonds. The van der Waals surface area contributed by atoms with E-state index in [4.69, 9.17) is 4.98 Å².